The molecule has 0 bridgehead atoms. The molecule has 2 nitrogen and oxygen atoms in total. The molecule has 0 unspecified atom stereocenters. The highest BCUT2D eigenvalue weighted by atomic mass is 127. The summed E-state index contributed by atoms with van der Waals surface area (Å²) in [4.78, 5) is 2.87. The molecule has 0 fully saturated rings. The third-order valence-electron chi connectivity index (χ3n) is 1.66. The lowest BCUT2D eigenvalue weighted by Gasteiger charge is -2.13. The van der Waals surface area contributed by atoms with Crippen LogP contribution in [0.5, 0.6) is 0 Å². The van der Waals surface area contributed by atoms with Gasteiger partial charge in [-0.2, -0.15) is 18.4 Å². The van der Waals surface area contributed by atoms with Gasteiger partial charge in [-0.05, 0) is 22.6 Å². The van der Waals surface area contributed by atoms with E-state index >= 15 is 0 Å². The highest BCUT2D eigenvalue weighted by Gasteiger charge is 2.39. The Morgan fingerprint density at radius 2 is 1.94 bits per heavy atom. The van der Waals surface area contributed by atoms with Gasteiger partial charge in [-0.1, -0.05) is 0 Å². The van der Waals surface area contributed by atoms with Crippen molar-refractivity contribution in [1.82, 2.24) is 4.98 Å². The molecular weight excluding hydrogens is 346 g/mol. The van der Waals surface area contributed by atoms with Crippen molar-refractivity contribution in [1.29, 1.82) is 5.26 Å². The molecule has 0 aliphatic heterocycles. The summed E-state index contributed by atoms with van der Waals surface area (Å²) < 4.78 is 61.6. The van der Waals surface area contributed by atoms with Crippen LogP contribution >= 0.6 is 22.6 Å². The van der Waals surface area contributed by atoms with Crippen molar-refractivity contribution >= 4 is 22.6 Å². The van der Waals surface area contributed by atoms with E-state index in [9.17, 15) is 22.0 Å². The third kappa shape index (κ3) is 2.40. The second-order valence-electron chi connectivity index (χ2n) is 2.66. The number of halogens is 6. The molecule has 0 radical (unpaired) electrons. The summed E-state index contributed by atoms with van der Waals surface area (Å²) in [5, 5.41) is 8.50. The lowest BCUT2D eigenvalue weighted by atomic mass is 10.1. The number of alkyl halides is 5. The number of rotatable bonds is 1. The Kier molecular flexibility index (Phi) is 3.67. The number of pyridine rings is 1. The molecule has 0 aliphatic rings. The molecule has 8 heteroatoms. The monoisotopic (exact) mass is 348 g/mol. The molecule has 0 saturated heterocycles. The largest absolute Gasteiger partial charge is 0.433 e. The highest BCUT2D eigenvalue weighted by molar-refractivity contribution is 14.1. The molecule has 0 saturated carbocycles. The van der Waals surface area contributed by atoms with Crippen LogP contribution < -0.4 is 0 Å². The van der Waals surface area contributed by atoms with Crippen LogP contribution in [0.2, 0.25) is 0 Å². The Bertz CT molecular complexity index is 449. The van der Waals surface area contributed by atoms with E-state index in [2.05, 4.69) is 4.98 Å². The number of hydrogen-bond acceptors (Lipinski definition) is 2. The van der Waals surface area contributed by atoms with E-state index in [-0.39, 0.29) is 5.56 Å². The van der Waals surface area contributed by atoms with Gasteiger partial charge in [0.2, 0.25) is 0 Å². The zero-order valence-corrected chi connectivity index (χ0v) is 9.47. The Hall–Kier alpha value is -0.980. The van der Waals surface area contributed by atoms with E-state index in [0.717, 1.165) is 0 Å². The topological polar surface area (TPSA) is 36.7 Å². The van der Waals surface area contributed by atoms with Crippen LogP contribution in [0.1, 0.15) is 23.2 Å². The zero-order valence-electron chi connectivity index (χ0n) is 7.32. The fraction of sp³-hybridized carbons (Fsp3) is 0.250. The first-order chi connectivity index (χ1) is 7.29. The molecule has 0 N–H and O–H groups in total. The zero-order chi connectivity index (χ0) is 12.5. The van der Waals surface area contributed by atoms with Crippen LogP contribution in [0.15, 0.2) is 6.20 Å². The van der Waals surface area contributed by atoms with Crippen molar-refractivity contribution in [3.05, 3.63) is 26.6 Å². The average molecular weight is 348 g/mol. The van der Waals surface area contributed by atoms with Crippen LogP contribution in [0.3, 0.4) is 0 Å². The summed E-state index contributed by atoms with van der Waals surface area (Å²) in [6.07, 6.45) is -7.65. The maximum absolute atomic E-state index is 12.5. The summed E-state index contributed by atoms with van der Waals surface area (Å²) in [5.74, 6) is 0. The number of hydrogen-bond donors (Lipinski definition) is 0. The fourth-order valence-corrected chi connectivity index (χ4v) is 1.76. The van der Waals surface area contributed by atoms with Gasteiger partial charge in [0.15, 0.2) is 5.69 Å². The minimum absolute atomic E-state index is 0.302. The number of aromatic nitrogens is 1. The minimum Gasteiger partial charge on any atom is -0.250 e. The molecular formula is C8H2F5IN2. The first-order valence-corrected chi connectivity index (χ1v) is 4.80. The molecule has 0 aromatic carbocycles. The molecule has 86 valence electrons. The van der Waals surface area contributed by atoms with Gasteiger partial charge in [-0.3, -0.25) is 0 Å². The van der Waals surface area contributed by atoms with Gasteiger partial charge in [-0.15, -0.1) is 0 Å². The molecule has 0 amide bonds. The van der Waals surface area contributed by atoms with Gasteiger partial charge in [0.05, 0.1) is 11.1 Å². The van der Waals surface area contributed by atoms with E-state index in [1.165, 1.54) is 28.7 Å². The summed E-state index contributed by atoms with van der Waals surface area (Å²) in [5.41, 5.74) is -3.19. The van der Waals surface area contributed by atoms with Gasteiger partial charge < -0.3 is 0 Å². The number of nitriles is 1. The first-order valence-electron chi connectivity index (χ1n) is 3.73. The van der Waals surface area contributed by atoms with E-state index < -0.39 is 27.4 Å². The SMILES string of the molecule is N#Cc1cnc(C(F)(F)F)c(C(F)F)c1I. The molecule has 1 rings (SSSR count). The second-order valence-corrected chi connectivity index (χ2v) is 3.74. The molecule has 0 aliphatic carbocycles. The van der Waals surface area contributed by atoms with Crippen LogP contribution in [-0.4, -0.2) is 4.98 Å². The molecule has 0 atom stereocenters. The van der Waals surface area contributed by atoms with Crippen LogP contribution in [-0.2, 0) is 6.18 Å². The summed E-state index contributed by atoms with van der Waals surface area (Å²) in [6.45, 7) is 0. The van der Waals surface area contributed by atoms with Crippen molar-refractivity contribution in [3.63, 3.8) is 0 Å². The van der Waals surface area contributed by atoms with Crippen LogP contribution in [0.4, 0.5) is 22.0 Å². The van der Waals surface area contributed by atoms with Crippen molar-refractivity contribution < 1.29 is 22.0 Å². The van der Waals surface area contributed by atoms with Crippen molar-refractivity contribution in [2.75, 3.05) is 0 Å². The van der Waals surface area contributed by atoms with Gasteiger partial charge in [-0.25, -0.2) is 13.8 Å². The first kappa shape index (κ1) is 13.1. The molecule has 1 heterocycles. The summed E-state index contributed by atoms with van der Waals surface area (Å²) in [6, 6.07) is 1.50. The smallest absolute Gasteiger partial charge is 0.250 e. The Labute approximate surface area is 100 Å². The van der Waals surface area contributed by atoms with Gasteiger partial charge in [0, 0.05) is 9.77 Å². The standard InChI is InChI=1S/C8H2F5IN2/c9-7(10)4-5(14)3(1-15)2-16-6(4)8(11,12)13/h2,7H. The fourth-order valence-electron chi connectivity index (χ4n) is 1.01. The molecule has 16 heavy (non-hydrogen) atoms. The van der Waals surface area contributed by atoms with Crippen molar-refractivity contribution in [2.45, 2.75) is 12.6 Å². The van der Waals surface area contributed by atoms with Crippen LogP contribution in [0.25, 0.3) is 0 Å². The van der Waals surface area contributed by atoms with E-state index in [1.807, 2.05) is 0 Å². The van der Waals surface area contributed by atoms with E-state index in [4.69, 9.17) is 5.26 Å². The Morgan fingerprint density at radius 3 is 2.31 bits per heavy atom. The maximum Gasteiger partial charge on any atom is 0.433 e. The van der Waals surface area contributed by atoms with Gasteiger partial charge in [0.25, 0.3) is 6.43 Å². The third-order valence-corrected chi connectivity index (χ3v) is 2.82. The van der Waals surface area contributed by atoms with E-state index in [1.54, 1.807) is 0 Å². The Morgan fingerprint density at radius 1 is 1.38 bits per heavy atom. The van der Waals surface area contributed by atoms with Crippen LogP contribution in [0, 0.1) is 14.9 Å². The van der Waals surface area contributed by atoms with Crippen molar-refractivity contribution in [3.8, 4) is 6.07 Å². The van der Waals surface area contributed by atoms with E-state index in [0.29, 0.717) is 6.20 Å². The molecule has 1 aromatic rings. The summed E-state index contributed by atoms with van der Waals surface area (Å²) >= 11 is 1.28. The lowest BCUT2D eigenvalue weighted by Crippen LogP contribution is -2.14. The number of nitrogens with zero attached hydrogens (tertiary/aromatic N) is 2. The summed E-state index contributed by atoms with van der Waals surface area (Å²) in [7, 11) is 0. The Balaban J connectivity index is 3.55. The predicted molar refractivity (Wildman–Crippen MR) is 51.6 cm³/mol. The van der Waals surface area contributed by atoms with Gasteiger partial charge in [0.1, 0.15) is 6.07 Å². The second kappa shape index (κ2) is 4.48. The van der Waals surface area contributed by atoms with Crippen molar-refractivity contribution in [2.24, 2.45) is 0 Å². The average Bonchev–Trinajstić information content (AvgIpc) is 2.15. The molecule has 0 spiro atoms. The predicted octanol–water partition coefficient (Wildman–Crippen LogP) is 3.51. The maximum atomic E-state index is 12.5. The minimum atomic E-state index is -4.96. The normalized spacial score (nSPS) is 11.6. The molecule has 1 aromatic heterocycles. The highest BCUT2D eigenvalue weighted by Crippen LogP contribution is 2.37. The van der Waals surface area contributed by atoms with Gasteiger partial charge >= 0.3 is 6.18 Å². The lowest BCUT2D eigenvalue weighted by molar-refractivity contribution is -0.143. The quantitative estimate of drug-likeness (QED) is 0.575.